The Kier molecular flexibility index (Phi) is 4.73. The van der Waals surface area contributed by atoms with E-state index in [0.29, 0.717) is 5.69 Å². The molecule has 0 radical (unpaired) electrons. The van der Waals surface area contributed by atoms with Gasteiger partial charge in [-0.15, -0.1) is 0 Å². The lowest BCUT2D eigenvalue weighted by atomic mass is 10.1. The van der Waals surface area contributed by atoms with Crippen molar-refractivity contribution in [3.8, 4) is 0 Å². The Morgan fingerprint density at radius 3 is 2.41 bits per heavy atom. The molecule has 1 atom stereocenters. The van der Waals surface area contributed by atoms with Crippen LogP contribution in [0.2, 0.25) is 0 Å². The highest BCUT2D eigenvalue weighted by atomic mass is 16.2. The predicted molar refractivity (Wildman–Crippen MR) is 84.0 cm³/mol. The number of nitrogens with two attached hydrogens (primary N) is 1. The van der Waals surface area contributed by atoms with Gasteiger partial charge in [-0.25, -0.2) is 0 Å². The first-order chi connectivity index (χ1) is 10.5. The van der Waals surface area contributed by atoms with Gasteiger partial charge >= 0.3 is 0 Å². The first-order valence-electron chi connectivity index (χ1n) is 6.81. The second-order valence-corrected chi connectivity index (χ2v) is 4.97. The average molecular weight is 299 g/mol. The van der Waals surface area contributed by atoms with Crippen LogP contribution in [0.4, 0.5) is 5.69 Å². The van der Waals surface area contributed by atoms with Crippen LogP contribution >= 0.6 is 0 Å². The van der Waals surface area contributed by atoms with Crippen LogP contribution in [0.3, 0.4) is 0 Å². The number of amides is 3. The quantitative estimate of drug-likeness (QED) is 0.772. The summed E-state index contributed by atoms with van der Waals surface area (Å²) in [5.74, 6) is -1.54. The van der Waals surface area contributed by atoms with Gasteiger partial charge in [0.05, 0.1) is 6.42 Å². The molecule has 2 rings (SSSR count). The van der Waals surface area contributed by atoms with E-state index in [2.05, 4.69) is 10.6 Å². The predicted octanol–water partition coefficient (Wildman–Crippen LogP) is 1.16. The molecule has 0 heterocycles. The lowest BCUT2D eigenvalue weighted by Gasteiger charge is -2.16. The van der Waals surface area contributed by atoms with E-state index in [-0.39, 0.29) is 6.42 Å². The van der Waals surface area contributed by atoms with E-state index in [1.165, 1.54) is 6.92 Å². The number of hydrogen-bond donors (Lipinski definition) is 3. The second-order valence-electron chi connectivity index (χ2n) is 4.97. The van der Waals surface area contributed by atoms with E-state index in [0.717, 1.165) is 10.8 Å². The highest BCUT2D eigenvalue weighted by Gasteiger charge is 2.21. The molecular formula is C16H17N3O3. The Morgan fingerprint density at radius 2 is 1.77 bits per heavy atom. The van der Waals surface area contributed by atoms with Crippen molar-refractivity contribution in [3.63, 3.8) is 0 Å². The molecule has 22 heavy (non-hydrogen) atoms. The van der Waals surface area contributed by atoms with Crippen LogP contribution in [0, 0.1) is 0 Å². The number of hydrogen-bond acceptors (Lipinski definition) is 3. The molecule has 6 nitrogen and oxygen atoms in total. The summed E-state index contributed by atoms with van der Waals surface area (Å²) in [6.45, 7) is 1.28. The summed E-state index contributed by atoms with van der Waals surface area (Å²) < 4.78 is 0. The molecule has 114 valence electrons. The molecule has 2 aromatic rings. The number of benzene rings is 2. The van der Waals surface area contributed by atoms with Gasteiger partial charge < -0.3 is 16.4 Å². The molecule has 0 saturated heterocycles. The summed E-state index contributed by atoms with van der Waals surface area (Å²) in [5.41, 5.74) is 5.69. The Morgan fingerprint density at radius 1 is 1.09 bits per heavy atom. The van der Waals surface area contributed by atoms with E-state index in [9.17, 15) is 14.4 Å². The maximum Gasteiger partial charge on any atom is 0.247 e. The topological polar surface area (TPSA) is 101 Å². The third-order valence-corrected chi connectivity index (χ3v) is 3.12. The number of primary amides is 1. The van der Waals surface area contributed by atoms with E-state index in [1.807, 2.05) is 36.4 Å². The lowest BCUT2D eigenvalue weighted by Crippen LogP contribution is -2.45. The van der Waals surface area contributed by atoms with Crippen molar-refractivity contribution in [3.05, 3.63) is 42.5 Å². The SMILES string of the molecule is CC(=O)N[C@@H](CC(N)=O)C(=O)Nc1ccc2ccccc2c1. The van der Waals surface area contributed by atoms with E-state index >= 15 is 0 Å². The highest BCUT2D eigenvalue weighted by molar-refractivity contribution is 6.00. The smallest absolute Gasteiger partial charge is 0.247 e. The summed E-state index contributed by atoms with van der Waals surface area (Å²) in [6.07, 6.45) is -0.251. The number of carbonyl (C=O) groups excluding carboxylic acids is 3. The Bertz CT molecular complexity index is 711. The van der Waals surface area contributed by atoms with Crippen LogP contribution < -0.4 is 16.4 Å². The van der Waals surface area contributed by atoms with Gasteiger partial charge in [0, 0.05) is 12.6 Å². The van der Waals surface area contributed by atoms with Crippen LogP contribution in [0.15, 0.2) is 42.5 Å². The number of anilines is 1. The Hall–Kier alpha value is -2.89. The molecule has 3 amide bonds. The molecule has 0 unspecified atom stereocenters. The maximum absolute atomic E-state index is 12.2. The minimum Gasteiger partial charge on any atom is -0.370 e. The van der Waals surface area contributed by atoms with Crippen molar-refractivity contribution in [2.45, 2.75) is 19.4 Å². The first kappa shape index (κ1) is 15.5. The van der Waals surface area contributed by atoms with Gasteiger partial charge in [0.1, 0.15) is 6.04 Å². The third kappa shape index (κ3) is 4.05. The molecule has 0 spiro atoms. The normalized spacial score (nSPS) is 11.7. The molecule has 0 aliphatic heterocycles. The number of nitrogens with one attached hydrogen (secondary N) is 2. The van der Waals surface area contributed by atoms with Gasteiger partial charge in [0.25, 0.3) is 0 Å². The Labute approximate surface area is 127 Å². The van der Waals surface area contributed by atoms with Gasteiger partial charge in [0.15, 0.2) is 0 Å². The van der Waals surface area contributed by atoms with E-state index in [4.69, 9.17) is 5.73 Å². The van der Waals surface area contributed by atoms with E-state index in [1.54, 1.807) is 6.07 Å². The summed E-state index contributed by atoms with van der Waals surface area (Å²) in [6, 6.07) is 12.2. The molecule has 0 aromatic heterocycles. The summed E-state index contributed by atoms with van der Waals surface area (Å²) in [5, 5.41) is 7.13. The fourth-order valence-corrected chi connectivity index (χ4v) is 2.15. The zero-order valence-corrected chi connectivity index (χ0v) is 12.1. The first-order valence-corrected chi connectivity index (χ1v) is 6.81. The van der Waals surface area contributed by atoms with Crippen molar-refractivity contribution in [1.29, 1.82) is 0 Å². The molecule has 6 heteroatoms. The Balaban J connectivity index is 2.16. The zero-order valence-electron chi connectivity index (χ0n) is 12.1. The monoisotopic (exact) mass is 299 g/mol. The third-order valence-electron chi connectivity index (χ3n) is 3.12. The van der Waals surface area contributed by atoms with Crippen LogP contribution in [-0.4, -0.2) is 23.8 Å². The standard InChI is InChI=1S/C16H17N3O3/c1-10(20)18-14(9-15(17)21)16(22)19-13-7-6-11-4-2-3-5-12(11)8-13/h2-8,14H,9H2,1H3,(H2,17,21)(H,18,20)(H,19,22)/t14-/m0/s1. The molecule has 4 N–H and O–H groups in total. The molecule has 0 saturated carbocycles. The lowest BCUT2D eigenvalue weighted by molar-refractivity contribution is -0.127. The highest BCUT2D eigenvalue weighted by Crippen LogP contribution is 2.19. The van der Waals surface area contributed by atoms with Gasteiger partial charge in [-0.2, -0.15) is 0 Å². The zero-order chi connectivity index (χ0) is 16.1. The van der Waals surface area contributed by atoms with Crippen molar-refractivity contribution in [1.82, 2.24) is 5.32 Å². The minimum atomic E-state index is -0.985. The van der Waals surface area contributed by atoms with Crippen LogP contribution in [0.5, 0.6) is 0 Å². The summed E-state index contributed by atoms with van der Waals surface area (Å²) >= 11 is 0. The molecule has 0 aliphatic carbocycles. The fraction of sp³-hybridized carbons (Fsp3) is 0.188. The molecule has 0 aliphatic rings. The fourth-order valence-electron chi connectivity index (χ4n) is 2.15. The molecule has 0 bridgehead atoms. The number of rotatable bonds is 5. The summed E-state index contributed by atoms with van der Waals surface area (Å²) in [7, 11) is 0. The van der Waals surface area contributed by atoms with Crippen molar-refractivity contribution in [2.75, 3.05) is 5.32 Å². The largest absolute Gasteiger partial charge is 0.370 e. The average Bonchev–Trinajstić information content (AvgIpc) is 2.45. The number of carbonyl (C=O) groups is 3. The van der Waals surface area contributed by atoms with Gasteiger partial charge in [-0.1, -0.05) is 30.3 Å². The van der Waals surface area contributed by atoms with Crippen molar-refractivity contribution < 1.29 is 14.4 Å². The maximum atomic E-state index is 12.2. The molecule has 2 aromatic carbocycles. The van der Waals surface area contributed by atoms with Crippen LogP contribution in [0.1, 0.15) is 13.3 Å². The second kappa shape index (κ2) is 6.71. The summed E-state index contributed by atoms with van der Waals surface area (Å²) in [4.78, 5) is 34.3. The van der Waals surface area contributed by atoms with Crippen molar-refractivity contribution in [2.24, 2.45) is 5.73 Å². The van der Waals surface area contributed by atoms with Gasteiger partial charge in [0.2, 0.25) is 17.7 Å². The molecular weight excluding hydrogens is 282 g/mol. The van der Waals surface area contributed by atoms with Crippen molar-refractivity contribution >= 4 is 34.2 Å². The van der Waals surface area contributed by atoms with Gasteiger partial charge in [-0.3, -0.25) is 14.4 Å². The minimum absolute atomic E-state index is 0.251. The van der Waals surface area contributed by atoms with E-state index < -0.39 is 23.8 Å². The van der Waals surface area contributed by atoms with Gasteiger partial charge in [-0.05, 0) is 22.9 Å². The number of fused-ring (bicyclic) bond motifs is 1. The molecule has 0 fully saturated rings. The van der Waals surface area contributed by atoms with Crippen LogP contribution in [-0.2, 0) is 14.4 Å². The van der Waals surface area contributed by atoms with Crippen LogP contribution in [0.25, 0.3) is 10.8 Å².